The van der Waals surface area contributed by atoms with E-state index in [0.717, 1.165) is 37.0 Å². The van der Waals surface area contributed by atoms with Gasteiger partial charge in [-0.1, -0.05) is 0 Å². The summed E-state index contributed by atoms with van der Waals surface area (Å²) in [4.78, 5) is 7.03. The molecule has 0 N–H and O–H groups in total. The van der Waals surface area contributed by atoms with E-state index in [0.29, 0.717) is 18.2 Å². The maximum atomic E-state index is 13.2. The van der Waals surface area contributed by atoms with Gasteiger partial charge in [0.05, 0.1) is 5.69 Å². The number of fused-ring (bicyclic) bond motifs is 2. The quantitative estimate of drug-likeness (QED) is 0.813. The second-order valence-corrected chi connectivity index (χ2v) is 8.86. The first kappa shape index (κ1) is 16.0. The lowest BCUT2D eigenvalue weighted by Crippen LogP contribution is -2.56. The lowest BCUT2D eigenvalue weighted by atomic mass is 10.1. The van der Waals surface area contributed by atoms with Crippen LogP contribution in [0.1, 0.15) is 25.5 Å². The van der Waals surface area contributed by atoms with Crippen LogP contribution in [0.4, 0.5) is 0 Å². The van der Waals surface area contributed by atoms with Gasteiger partial charge in [0.1, 0.15) is 4.90 Å². The van der Waals surface area contributed by atoms with E-state index in [1.807, 2.05) is 20.9 Å². The number of nitrogens with zero attached hydrogens (tertiary/aromatic N) is 5. The first-order valence-corrected chi connectivity index (χ1v) is 9.87. The van der Waals surface area contributed by atoms with Gasteiger partial charge in [0.25, 0.3) is 0 Å². The van der Waals surface area contributed by atoms with Crippen molar-refractivity contribution in [3.63, 3.8) is 0 Å². The maximum absolute atomic E-state index is 13.2. The van der Waals surface area contributed by atoms with E-state index in [2.05, 4.69) is 15.0 Å². The van der Waals surface area contributed by atoms with E-state index >= 15 is 0 Å². The first-order valence-electron chi connectivity index (χ1n) is 8.43. The van der Waals surface area contributed by atoms with E-state index in [1.165, 1.54) is 6.20 Å². The molecule has 7 nitrogen and oxygen atoms in total. The molecule has 2 saturated heterocycles. The zero-order valence-corrected chi connectivity index (χ0v) is 15.1. The number of sulfonamides is 1. The van der Waals surface area contributed by atoms with Crippen LogP contribution < -0.4 is 0 Å². The highest BCUT2D eigenvalue weighted by Crippen LogP contribution is 2.30. The molecule has 2 atom stereocenters. The molecule has 2 aromatic rings. The van der Waals surface area contributed by atoms with Crippen LogP contribution in [0.2, 0.25) is 0 Å². The molecule has 0 aliphatic carbocycles. The van der Waals surface area contributed by atoms with Crippen molar-refractivity contribution in [2.24, 2.45) is 7.05 Å². The molecule has 0 bridgehead atoms. The SMILES string of the molecule is Cc1nn(C)c2ncc(S(=O)(=O)N3C[C@@H]4CCCN4C[C@@H]3C)cc12. The lowest BCUT2D eigenvalue weighted by molar-refractivity contribution is 0.117. The second kappa shape index (κ2) is 5.50. The minimum absolute atomic E-state index is 0.0185. The van der Waals surface area contributed by atoms with E-state index in [4.69, 9.17) is 0 Å². The van der Waals surface area contributed by atoms with E-state index in [1.54, 1.807) is 15.1 Å². The predicted molar refractivity (Wildman–Crippen MR) is 91.2 cm³/mol. The monoisotopic (exact) mass is 349 g/mol. The molecule has 2 aromatic heterocycles. The fraction of sp³-hybridized carbons (Fsp3) is 0.625. The van der Waals surface area contributed by atoms with Crippen molar-refractivity contribution in [1.82, 2.24) is 24.0 Å². The van der Waals surface area contributed by atoms with Gasteiger partial charge in [-0.15, -0.1) is 0 Å². The number of rotatable bonds is 2. The molecule has 0 aromatic carbocycles. The van der Waals surface area contributed by atoms with E-state index in [9.17, 15) is 8.42 Å². The molecule has 24 heavy (non-hydrogen) atoms. The third-order valence-electron chi connectivity index (χ3n) is 5.32. The number of hydrogen-bond acceptors (Lipinski definition) is 5. The highest BCUT2D eigenvalue weighted by molar-refractivity contribution is 7.89. The highest BCUT2D eigenvalue weighted by Gasteiger charge is 2.40. The molecule has 2 fully saturated rings. The number of pyridine rings is 1. The van der Waals surface area contributed by atoms with Gasteiger partial charge in [-0.2, -0.15) is 9.40 Å². The Morgan fingerprint density at radius 3 is 2.88 bits per heavy atom. The van der Waals surface area contributed by atoms with Gasteiger partial charge < -0.3 is 0 Å². The third kappa shape index (κ3) is 2.35. The summed E-state index contributed by atoms with van der Waals surface area (Å²) < 4.78 is 29.7. The van der Waals surface area contributed by atoms with Gasteiger partial charge in [0, 0.05) is 43.8 Å². The van der Waals surface area contributed by atoms with Crippen LogP contribution in [-0.4, -0.2) is 64.1 Å². The molecule has 0 spiro atoms. The Labute approximate surface area is 142 Å². The van der Waals surface area contributed by atoms with Crippen LogP contribution in [0.25, 0.3) is 11.0 Å². The summed E-state index contributed by atoms with van der Waals surface area (Å²) in [6.07, 6.45) is 3.71. The number of aromatic nitrogens is 3. The average molecular weight is 349 g/mol. The summed E-state index contributed by atoms with van der Waals surface area (Å²) in [5.74, 6) is 0. The Morgan fingerprint density at radius 2 is 2.08 bits per heavy atom. The van der Waals surface area contributed by atoms with Gasteiger partial charge in [-0.25, -0.2) is 13.4 Å². The molecule has 0 radical (unpaired) electrons. The Morgan fingerprint density at radius 1 is 1.29 bits per heavy atom. The largest absolute Gasteiger partial charge is 0.297 e. The Hall–Kier alpha value is -1.51. The van der Waals surface area contributed by atoms with Gasteiger partial charge in [0.2, 0.25) is 10.0 Å². The van der Waals surface area contributed by atoms with Crippen molar-refractivity contribution in [3.8, 4) is 0 Å². The third-order valence-corrected chi connectivity index (χ3v) is 7.27. The molecule has 8 heteroatoms. The molecule has 4 heterocycles. The molecule has 2 aliphatic rings. The fourth-order valence-corrected chi connectivity index (χ4v) is 5.69. The summed E-state index contributed by atoms with van der Waals surface area (Å²) in [7, 11) is -1.72. The van der Waals surface area contributed by atoms with Gasteiger partial charge in [0.15, 0.2) is 5.65 Å². The van der Waals surface area contributed by atoms with E-state index in [-0.39, 0.29) is 10.9 Å². The zero-order valence-electron chi connectivity index (χ0n) is 14.3. The molecule has 0 amide bonds. The minimum Gasteiger partial charge on any atom is -0.297 e. The average Bonchev–Trinajstić information content (AvgIpc) is 3.10. The predicted octanol–water partition coefficient (Wildman–Crippen LogP) is 1.13. The summed E-state index contributed by atoms with van der Waals surface area (Å²) in [5, 5.41) is 5.12. The van der Waals surface area contributed by atoms with Crippen LogP contribution in [0.3, 0.4) is 0 Å². The summed E-state index contributed by atoms with van der Waals surface area (Å²) in [5.41, 5.74) is 1.51. The molecule has 130 valence electrons. The second-order valence-electron chi connectivity index (χ2n) is 6.97. The Balaban J connectivity index is 1.73. The summed E-state index contributed by atoms with van der Waals surface area (Å²) >= 11 is 0. The van der Waals surface area contributed by atoms with Gasteiger partial charge in [-0.3, -0.25) is 9.58 Å². The molecule has 0 unspecified atom stereocenters. The molecular weight excluding hydrogens is 326 g/mol. The van der Waals surface area contributed by atoms with Gasteiger partial charge >= 0.3 is 0 Å². The molecule has 0 saturated carbocycles. The van der Waals surface area contributed by atoms with Crippen LogP contribution >= 0.6 is 0 Å². The lowest BCUT2D eigenvalue weighted by Gasteiger charge is -2.41. The standard InChI is InChI=1S/C16H23N5O2S/c1-11-9-20-6-4-5-13(20)10-21(11)24(22,23)14-7-15-12(2)18-19(3)16(15)17-8-14/h7-8,11,13H,4-6,9-10H2,1-3H3/t11-,13-/m0/s1. The van der Waals surface area contributed by atoms with Gasteiger partial charge in [-0.05, 0) is 39.3 Å². The van der Waals surface area contributed by atoms with Crippen molar-refractivity contribution in [2.45, 2.75) is 43.7 Å². The zero-order chi connectivity index (χ0) is 17.1. The van der Waals surface area contributed by atoms with Crippen LogP contribution in [-0.2, 0) is 17.1 Å². The molecule has 2 aliphatic heterocycles. The van der Waals surface area contributed by atoms with Crippen molar-refractivity contribution in [2.75, 3.05) is 19.6 Å². The minimum atomic E-state index is -3.54. The number of piperazine rings is 1. The maximum Gasteiger partial charge on any atom is 0.244 e. The van der Waals surface area contributed by atoms with Crippen LogP contribution in [0, 0.1) is 6.92 Å². The smallest absolute Gasteiger partial charge is 0.244 e. The first-order chi connectivity index (χ1) is 11.4. The Bertz CT molecular complexity index is 891. The normalized spacial score (nSPS) is 26.1. The molecular formula is C16H23N5O2S. The Kier molecular flexibility index (Phi) is 3.67. The van der Waals surface area contributed by atoms with Crippen LogP contribution in [0.5, 0.6) is 0 Å². The number of hydrogen-bond donors (Lipinski definition) is 0. The van der Waals surface area contributed by atoms with Crippen molar-refractivity contribution in [1.29, 1.82) is 0 Å². The van der Waals surface area contributed by atoms with Crippen molar-refractivity contribution < 1.29 is 8.42 Å². The fourth-order valence-electron chi connectivity index (χ4n) is 4.06. The van der Waals surface area contributed by atoms with E-state index < -0.39 is 10.0 Å². The molecule has 4 rings (SSSR count). The highest BCUT2D eigenvalue weighted by atomic mass is 32.2. The van der Waals surface area contributed by atoms with Crippen molar-refractivity contribution >= 4 is 21.1 Å². The van der Waals surface area contributed by atoms with Crippen molar-refractivity contribution in [3.05, 3.63) is 18.0 Å². The summed E-state index contributed by atoms with van der Waals surface area (Å²) in [6, 6.07) is 2.05. The summed E-state index contributed by atoms with van der Waals surface area (Å²) in [6.45, 7) is 6.35. The topological polar surface area (TPSA) is 71.3 Å². The van der Waals surface area contributed by atoms with Crippen LogP contribution in [0.15, 0.2) is 17.2 Å². The number of aryl methyl sites for hydroxylation is 2.